The fourth-order valence-corrected chi connectivity index (χ4v) is 1.92. The highest BCUT2D eigenvalue weighted by molar-refractivity contribution is 6.15. The lowest BCUT2D eigenvalue weighted by molar-refractivity contribution is -0.132. The first-order chi connectivity index (χ1) is 11.5. The summed E-state index contributed by atoms with van der Waals surface area (Å²) in [6.45, 7) is 0. The Kier molecular flexibility index (Phi) is 5.65. The number of aliphatic hydroxyl groups is 1. The van der Waals surface area contributed by atoms with Crippen LogP contribution in [0.4, 0.5) is 0 Å². The van der Waals surface area contributed by atoms with E-state index in [0.29, 0.717) is 11.1 Å². The molecule has 0 heterocycles. The number of hydrogen-bond acceptors (Lipinski definition) is 5. The molecular weight excluding hydrogens is 308 g/mol. The van der Waals surface area contributed by atoms with Crippen LogP contribution >= 0.6 is 0 Å². The molecule has 0 spiro atoms. The van der Waals surface area contributed by atoms with Crippen molar-refractivity contribution in [2.45, 2.75) is 6.10 Å². The van der Waals surface area contributed by atoms with Crippen LogP contribution in [0.15, 0.2) is 60.7 Å². The van der Waals surface area contributed by atoms with E-state index in [1.807, 2.05) is 0 Å². The Hall–Kier alpha value is -3.18. The molecule has 0 fully saturated rings. The van der Waals surface area contributed by atoms with Gasteiger partial charge in [0.05, 0.1) is 0 Å². The molecule has 0 aliphatic rings. The fraction of sp³-hybridized carbons (Fsp3) is 0.0526. The molecule has 0 unspecified atom stereocenters. The molecule has 3 N–H and O–H groups in total. The highest BCUT2D eigenvalue weighted by atomic mass is 16.3. The van der Waals surface area contributed by atoms with E-state index < -0.39 is 17.7 Å². The van der Waals surface area contributed by atoms with E-state index >= 15 is 0 Å². The fourth-order valence-electron chi connectivity index (χ4n) is 1.92. The van der Waals surface area contributed by atoms with Crippen LogP contribution in [0.2, 0.25) is 0 Å². The third-order valence-corrected chi connectivity index (χ3v) is 3.27. The van der Waals surface area contributed by atoms with Crippen molar-refractivity contribution in [2.24, 2.45) is 0 Å². The van der Waals surface area contributed by atoms with E-state index in [9.17, 15) is 24.9 Å². The van der Waals surface area contributed by atoms with Crippen molar-refractivity contribution >= 4 is 23.7 Å². The van der Waals surface area contributed by atoms with Gasteiger partial charge in [-0.15, -0.1) is 0 Å². The first-order valence-corrected chi connectivity index (χ1v) is 7.17. The molecule has 5 heteroatoms. The average Bonchev–Trinajstić information content (AvgIpc) is 2.59. The minimum atomic E-state index is -1.84. The Bertz CT molecular complexity index is 737. The van der Waals surface area contributed by atoms with Crippen LogP contribution < -0.4 is 0 Å². The van der Waals surface area contributed by atoms with Gasteiger partial charge in [-0.1, -0.05) is 36.4 Å². The number of ketones is 2. The average molecular weight is 324 g/mol. The monoisotopic (exact) mass is 324 g/mol. The summed E-state index contributed by atoms with van der Waals surface area (Å²) < 4.78 is 0. The number of rotatable bonds is 6. The number of para-hydroxylation sites is 2. The Morgan fingerprint density at radius 3 is 1.50 bits per heavy atom. The van der Waals surface area contributed by atoms with Crippen molar-refractivity contribution in [2.75, 3.05) is 0 Å². The molecule has 122 valence electrons. The second kappa shape index (κ2) is 7.89. The van der Waals surface area contributed by atoms with E-state index in [1.54, 1.807) is 36.4 Å². The predicted molar refractivity (Wildman–Crippen MR) is 90.3 cm³/mol. The summed E-state index contributed by atoms with van der Waals surface area (Å²) in [6, 6.07) is 12.7. The van der Waals surface area contributed by atoms with Gasteiger partial charge in [0, 0.05) is 11.1 Å². The van der Waals surface area contributed by atoms with Crippen LogP contribution in [-0.2, 0) is 9.59 Å². The third kappa shape index (κ3) is 4.41. The van der Waals surface area contributed by atoms with E-state index in [-0.39, 0.29) is 11.5 Å². The van der Waals surface area contributed by atoms with Crippen LogP contribution in [0.1, 0.15) is 11.1 Å². The summed E-state index contributed by atoms with van der Waals surface area (Å²) in [5, 5.41) is 28.9. The smallest absolute Gasteiger partial charge is 0.192 e. The second-order valence-corrected chi connectivity index (χ2v) is 4.99. The molecule has 0 saturated heterocycles. The first kappa shape index (κ1) is 17.2. The molecule has 0 bridgehead atoms. The Morgan fingerprint density at radius 1 is 0.750 bits per heavy atom. The minimum absolute atomic E-state index is 0.0122. The van der Waals surface area contributed by atoms with Gasteiger partial charge in [-0.05, 0) is 36.4 Å². The van der Waals surface area contributed by atoms with Crippen LogP contribution in [0.3, 0.4) is 0 Å². The van der Waals surface area contributed by atoms with Crippen LogP contribution in [0.25, 0.3) is 12.2 Å². The molecular formula is C19H16O5. The minimum Gasteiger partial charge on any atom is -0.507 e. The van der Waals surface area contributed by atoms with Crippen LogP contribution in [-0.4, -0.2) is 33.0 Å². The van der Waals surface area contributed by atoms with E-state index in [1.165, 1.54) is 24.3 Å². The number of carbonyl (C=O) groups is 2. The zero-order chi connectivity index (χ0) is 17.5. The van der Waals surface area contributed by atoms with Crippen molar-refractivity contribution in [3.8, 4) is 11.5 Å². The maximum atomic E-state index is 11.8. The number of benzene rings is 2. The maximum Gasteiger partial charge on any atom is 0.192 e. The Balaban J connectivity index is 2.04. The van der Waals surface area contributed by atoms with Crippen LogP contribution in [0, 0.1) is 0 Å². The van der Waals surface area contributed by atoms with Gasteiger partial charge in [0.25, 0.3) is 0 Å². The summed E-state index contributed by atoms with van der Waals surface area (Å²) in [5.74, 6) is -1.63. The van der Waals surface area contributed by atoms with Gasteiger partial charge in [-0.25, -0.2) is 0 Å². The Morgan fingerprint density at radius 2 is 1.12 bits per heavy atom. The van der Waals surface area contributed by atoms with Gasteiger partial charge < -0.3 is 15.3 Å². The van der Waals surface area contributed by atoms with E-state index in [4.69, 9.17) is 0 Å². The molecule has 2 aromatic carbocycles. The summed E-state index contributed by atoms with van der Waals surface area (Å²) in [7, 11) is 0. The van der Waals surface area contributed by atoms with Crippen molar-refractivity contribution in [3.05, 3.63) is 71.8 Å². The molecule has 2 rings (SSSR count). The highest BCUT2D eigenvalue weighted by Crippen LogP contribution is 2.18. The number of aliphatic hydroxyl groups excluding tert-OH is 1. The standard InChI is InChI=1S/C19H16O5/c20-15-7-3-1-5-13(15)9-11-17(22)19(24)18(23)12-10-14-6-2-4-8-16(14)21/h1-12,19-21,24H/b11-9+,12-10+. The van der Waals surface area contributed by atoms with Gasteiger partial charge in [0.2, 0.25) is 0 Å². The van der Waals surface area contributed by atoms with Gasteiger partial charge in [0.15, 0.2) is 17.7 Å². The van der Waals surface area contributed by atoms with E-state index in [2.05, 4.69) is 0 Å². The number of phenols is 2. The molecule has 0 saturated carbocycles. The lowest BCUT2D eigenvalue weighted by Crippen LogP contribution is -2.26. The van der Waals surface area contributed by atoms with Crippen molar-refractivity contribution in [1.82, 2.24) is 0 Å². The van der Waals surface area contributed by atoms with Crippen LogP contribution in [0.5, 0.6) is 11.5 Å². The first-order valence-electron chi connectivity index (χ1n) is 7.17. The molecule has 0 atom stereocenters. The molecule has 5 nitrogen and oxygen atoms in total. The zero-order valence-corrected chi connectivity index (χ0v) is 12.7. The number of phenolic OH excluding ortho intramolecular Hbond substituents is 2. The number of hydrogen-bond donors (Lipinski definition) is 3. The summed E-state index contributed by atoms with van der Waals surface area (Å²) in [5.41, 5.74) is 0.797. The normalized spacial score (nSPS) is 11.4. The Labute approximate surface area is 138 Å². The lowest BCUT2D eigenvalue weighted by atomic mass is 10.1. The predicted octanol–water partition coefficient (Wildman–Crippen LogP) is 2.32. The maximum absolute atomic E-state index is 11.8. The van der Waals surface area contributed by atoms with Gasteiger partial charge in [-0.2, -0.15) is 0 Å². The highest BCUT2D eigenvalue weighted by Gasteiger charge is 2.19. The zero-order valence-electron chi connectivity index (χ0n) is 12.7. The van der Waals surface area contributed by atoms with Gasteiger partial charge >= 0.3 is 0 Å². The van der Waals surface area contributed by atoms with Crippen molar-refractivity contribution in [1.29, 1.82) is 0 Å². The van der Waals surface area contributed by atoms with E-state index in [0.717, 1.165) is 12.2 Å². The second-order valence-electron chi connectivity index (χ2n) is 4.99. The molecule has 0 aliphatic heterocycles. The number of aromatic hydroxyl groups is 2. The summed E-state index contributed by atoms with van der Waals surface area (Å²) >= 11 is 0. The molecule has 2 aromatic rings. The molecule has 0 radical (unpaired) electrons. The SMILES string of the molecule is O=C(/C=C/c1ccccc1O)C(O)C(=O)/C=C/c1ccccc1O. The summed E-state index contributed by atoms with van der Waals surface area (Å²) in [4.78, 5) is 23.6. The van der Waals surface area contributed by atoms with Crippen molar-refractivity contribution < 1.29 is 24.9 Å². The lowest BCUT2D eigenvalue weighted by Gasteiger charge is -2.03. The molecule has 0 aliphatic carbocycles. The molecule has 0 amide bonds. The van der Waals surface area contributed by atoms with Gasteiger partial charge in [0.1, 0.15) is 11.5 Å². The van der Waals surface area contributed by atoms with Crippen molar-refractivity contribution in [3.63, 3.8) is 0 Å². The summed E-state index contributed by atoms with van der Waals surface area (Å²) in [6.07, 6.45) is 2.87. The van der Waals surface area contributed by atoms with Gasteiger partial charge in [-0.3, -0.25) is 9.59 Å². The quantitative estimate of drug-likeness (QED) is 0.560. The largest absolute Gasteiger partial charge is 0.507 e. The molecule has 0 aromatic heterocycles. The number of carbonyl (C=O) groups excluding carboxylic acids is 2. The molecule has 24 heavy (non-hydrogen) atoms. The third-order valence-electron chi connectivity index (χ3n) is 3.27. The topological polar surface area (TPSA) is 94.8 Å².